The van der Waals surface area contributed by atoms with Crippen LogP contribution in [0.4, 0.5) is 11.1 Å². The highest BCUT2D eigenvalue weighted by Gasteiger charge is 2.23. The Hall–Kier alpha value is -2.22. The van der Waals surface area contributed by atoms with E-state index in [-0.39, 0.29) is 0 Å². The number of rotatable bonds is 2. The fraction of sp³-hybridized carbons (Fsp3) is 0.500. The van der Waals surface area contributed by atoms with Crippen LogP contribution in [0.15, 0.2) is 6.07 Å². The van der Waals surface area contributed by atoms with Crippen molar-refractivity contribution in [1.82, 2.24) is 24.7 Å². The Morgan fingerprint density at radius 3 is 2.17 bits per heavy atom. The van der Waals surface area contributed by atoms with Crippen molar-refractivity contribution in [2.75, 3.05) is 36.0 Å². The van der Waals surface area contributed by atoms with Crippen LogP contribution in [-0.2, 0) is 7.05 Å². The van der Waals surface area contributed by atoms with Gasteiger partial charge in [0.1, 0.15) is 0 Å². The minimum atomic E-state index is 0.844. The van der Waals surface area contributed by atoms with Crippen molar-refractivity contribution in [3.05, 3.63) is 23.1 Å². The van der Waals surface area contributed by atoms with Crippen LogP contribution in [0.25, 0.3) is 10.3 Å². The third-order valence-electron chi connectivity index (χ3n) is 4.34. The highest BCUT2D eigenvalue weighted by Crippen LogP contribution is 2.31. The van der Waals surface area contributed by atoms with Crippen LogP contribution in [0, 0.1) is 20.8 Å². The zero-order chi connectivity index (χ0) is 16.8. The smallest absolute Gasteiger partial charge is 0.225 e. The van der Waals surface area contributed by atoms with Crippen molar-refractivity contribution >= 4 is 32.8 Å². The number of hydrogen-bond acceptors (Lipinski definition) is 7. The van der Waals surface area contributed by atoms with Gasteiger partial charge in [0.25, 0.3) is 0 Å². The number of fused-ring (bicyclic) bond motifs is 1. The summed E-state index contributed by atoms with van der Waals surface area (Å²) in [5.74, 6) is 0.844. The number of piperazine rings is 1. The summed E-state index contributed by atoms with van der Waals surface area (Å²) >= 11 is 1.73. The second-order valence-electron chi connectivity index (χ2n) is 6.28. The summed E-state index contributed by atoms with van der Waals surface area (Å²) in [6, 6.07) is 2.01. The Kier molecular flexibility index (Phi) is 3.64. The molecule has 0 radical (unpaired) electrons. The van der Waals surface area contributed by atoms with Gasteiger partial charge in [-0.15, -0.1) is 0 Å². The first-order chi connectivity index (χ1) is 11.5. The van der Waals surface area contributed by atoms with Crippen molar-refractivity contribution in [2.24, 2.45) is 7.05 Å². The monoisotopic (exact) mass is 343 g/mol. The third kappa shape index (κ3) is 2.60. The second-order valence-corrected chi connectivity index (χ2v) is 7.26. The quantitative estimate of drug-likeness (QED) is 0.710. The van der Waals surface area contributed by atoms with E-state index in [0.717, 1.165) is 60.0 Å². The minimum Gasteiger partial charge on any atom is -0.344 e. The maximum absolute atomic E-state index is 4.78. The van der Waals surface area contributed by atoms with Crippen molar-refractivity contribution in [1.29, 1.82) is 0 Å². The lowest BCUT2D eigenvalue weighted by Crippen LogP contribution is -2.47. The van der Waals surface area contributed by atoms with Gasteiger partial charge in [-0.3, -0.25) is 0 Å². The first-order valence-corrected chi connectivity index (χ1v) is 8.95. The Morgan fingerprint density at radius 2 is 1.54 bits per heavy atom. The van der Waals surface area contributed by atoms with Crippen LogP contribution in [0.5, 0.6) is 0 Å². The van der Waals surface area contributed by atoms with Crippen LogP contribution >= 0.6 is 11.3 Å². The maximum atomic E-state index is 4.78. The Morgan fingerprint density at radius 1 is 0.917 bits per heavy atom. The molecule has 3 aromatic heterocycles. The van der Waals surface area contributed by atoms with Gasteiger partial charge in [0.05, 0.1) is 10.4 Å². The molecule has 4 rings (SSSR count). The number of aryl methyl sites for hydroxylation is 4. The molecule has 24 heavy (non-hydrogen) atoms. The molecule has 7 nitrogen and oxygen atoms in total. The predicted octanol–water partition coefficient (Wildman–Crippen LogP) is 2.07. The molecule has 0 aromatic carbocycles. The zero-order valence-electron chi connectivity index (χ0n) is 14.4. The number of aromatic nitrogens is 5. The van der Waals surface area contributed by atoms with Crippen LogP contribution < -0.4 is 9.80 Å². The van der Waals surface area contributed by atoms with Crippen LogP contribution in [0.1, 0.15) is 17.1 Å². The summed E-state index contributed by atoms with van der Waals surface area (Å²) in [7, 11) is 1.95. The minimum absolute atomic E-state index is 0.844. The molecule has 0 atom stereocenters. The fourth-order valence-electron chi connectivity index (χ4n) is 3.16. The van der Waals surface area contributed by atoms with E-state index in [4.69, 9.17) is 4.98 Å². The Balaban J connectivity index is 1.51. The van der Waals surface area contributed by atoms with Gasteiger partial charge in [0.2, 0.25) is 5.95 Å². The van der Waals surface area contributed by atoms with Gasteiger partial charge in [-0.2, -0.15) is 5.10 Å². The van der Waals surface area contributed by atoms with Gasteiger partial charge >= 0.3 is 0 Å². The molecule has 1 aliphatic rings. The number of anilines is 2. The normalized spacial score (nSPS) is 15.5. The van der Waals surface area contributed by atoms with Gasteiger partial charge < -0.3 is 9.80 Å². The SMILES string of the molecule is Cc1cc(C)nc(N2CCN(c3nc4c(s3)c(C)nn4C)CC2)n1. The second kappa shape index (κ2) is 5.70. The van der Waals surface area contributed by atoms with E-state index in [0.29, 0.717) is 0 Å². The van der Waals surface area contributed by atoms with Crippen molar-refractivity contribution in [3.63, 3.8) is 0 Å². The zero-order valence-corrected chi connectivity index (χ0v) is 15.3. The summed E-state index contributed by atoms with van der Waals surface area (Å²) < 4.78 is 3.05. The summed E-state index contributed by atoms with van der Waals surface area (Å²) in [5, 5.41) is 5.51. The van der Waals surface area contributed by atoms with Gasteiger partial charge in [-0.25, -0.2) is 19.6 Å². The summed E-state index contributed by atoms with van der Waals surface area (Å²) in [6.45, 7) is 9.77. The van der Waals surface area contributed by atoms with E-state index >= 15 is 0 Å². The van der Waals surface area contributed by atoms with Gasteiger partial charge in [0, 0.05) is 44.6 Å². The highest BCUT2D eigenvalue weighted by molar-refractivity contribution is 7.22. The lowest BCUT2D eigenvalue weighted by atomic mass is 10.3. The molecular weight excluding hydrogens is 322 g/mol. The average molecular weight is 343 g/mol. The average Bonchev–Trinajstić information content (AvgIpc) is 3.09. The van der Waals surface area contributed by atoms with Crippen LogP contribution in [0.2, 0.25) is 0 Å². The Labute approximate surface area is 145 Å². The molecule has 1 aliphatic heterocycles. The first kappa shape index (κ1) is 15.3. The third-order valence-corrected chi connectivity index (χ3v) is 5.55. The molecule has 0 bridgehead atoms. The molecule has 0 saturated carbocycles. The lowest BCUT2D eigenvalue weighted by molar-refractivity contribution is 0.636. The van der Waals surface area contributed by atoms with E-state index in [9.17, 15) is 0 Å². The molecule has 0 unspecified atom stereocenters. The Bertz CT molecular complexity index is 835. The van der Waals surface area contributed by atoms with E-state index in [1.54, 1.807) is 11.3 Å². The number of thiazole rings is 1. The molecule has 0 amide bonds. The predicted molar refractivity (Wildman–Crippen MR) is 97.1 cm³/mol. The molecule has 0 aliphatic carbocycles. The molecule has 0 spiro atoms. The molecule has 1 saturated heterocycles. The molecular formula is C16H21N7S. The van der Waals surface area contributed by atoms with Crippen molar-refractivity contribution in [3.8, 4) is 0 Å². The highest BCUT2D eigenvalue weighted by atomic mass is 32.1. The molecule has 1 fully saturated rings. The van der Waals surface area contributed by atoms with E-state index in [2.05, 4.69) is 24.9 Å². The van der Waals surface area contributed by atoms with Crippen LogP contribution in [0.3, 0.4) is 0 Å². The lowest BCUT2D eigenvalue weighted by Gasteiger charge is -2.34. The van der Waals surface area contributed by atoms with Gasteiger partial charge in [-0.1, -0.05) is 11.3 Å². The van der Waals surface area contributed by atoms with Gasteiger partial charge in [-0.05, 0) is 26.8 Å². The molecule has 4 heterocycles. The van der Waals surface area contributed by atoms with Crippen molar-refractivity contribution < 1.29 is 0 Å². The first-order valence-electron chi connectivity index (χ1n) is 8.13. The summed E-state index contributed by atoms with van der Waals surface area (Å²) in [6.07, 6.45) is 0. The summed E-state index contributed by atoms with van der Waals surface area (Å²) in [4.78, 5) is 18.5. The summed E-state index contributed by atoms with van der Waals surface area (Å²) in [5.41, 5.74) is 4.08. The fourth-order valence-corrected chi connectivity index (χ4v) is 4.24. The molecule has 0 N–H and O–H groups in total. The van der Waals surface area contributed by atoms with E-state index in [1.807, 2.05) is 38.6 Å². The standard InChI is InChI=1S/C16H21N7S/c1-10-9-11(2)18-15(17-10)22-5-7-23(8-6-22)16-19-14-13(24-16)12(3)20-21(14)4/h9H,5-8H2,1-4H3. The maximum Gasteiger partial charge on any atom is 0.225 e. The number of nitrogens with zero attached hydrogens (tertiary/aromatic N) is 7. The van der Waals surface area contributed by atoms with Gasteiger partial charge in [0.15, 0.2) is 10.8 Å². The molecule has 3 aromatic rings. The molecule has 8 heteroatoms. The topological polar surface area (TPSA) is 63.0 Å². The van der Waals surface area contributed by atoms with E-state index < -0.39 is 0 Å². The number of hydrogen-bond donors (Lipinski definition) is 0. The largest absolute Gasteiger partial charge is 0.344 e. The van der Waals surface area contributed by atoms with E-state index in [1.165, 1.54) is 4.70 Å². The van der Waals surface area contributed by atoms with Crippen molar-refractivity contribution in [2.45, 2.75) is 20.8 Å². The molecule has 126 valence electrons. The van der Waals surface area contributed by atoms with Crippen LogP contribution in [-0.4, -0.2) is 50.9 Å².